The highest BCUT2D eigenvalue weighted by Gasteiger charge is 2.40. The molecule has 0 saturated heterocycles. The monoisotopic (exact) mass is 300 g/mol. The van der Waals surface area contributed by atoms with Gasteiger partial charge < -0.3 is 0 Å². The van der Waals surface area contributed by atoms with Crippen molar-refractivity contribution in [2.24, 2.45) is 11.8 Å². The first-order valence-electron chi connectivity index (χ1n) is 8.39. The molecule has 2 atom stereocenters. The third kappa shape index (κ3) is 2.79. The van der Waals surface area contributed by atoms with E-state index in [1.54, 1.807) is 0 Å². The molecule has 1 nitrogen and oxygen atoms in total. The van der Waals surface area contributed by atoms with Crippen molar-refractivity contribution in [3.05, 3.63) is 82.9 Å². The third-order valence-electron chi connectivity index (χ3n) is 5.08. The number of fused-ring (bicyclic) bond motifs is 2. The molecule has 2 aliphatic rings. The Morgan fingerprint density at radius 1 is 0.696 bits per heavy atom. The number of hydrogen-bond donors (Lipinski definition) is 0. The van der Waals surface area contributed by atoms with Crippen molar-refractivity contribution in [3.8, 4) is 0 Å². The smallest absolute Gasteiger partial charge is 0.185 e. The molecule has 2 saturated carbocycles. The largest absolute Gasteiger partial charge is 0.289 e. The minimum Gasteiger partial charge on any atom is -0.289 e. The molecular weight excluding hydrogens is 280 g/mol. The molecule has 0 aliphatic heterocycles. The van der Waals surface area contributed by atoms with Gasteiger partial charge in [-0.05, 0) is 54.4 Å². The molecule has 2 unspecified atom stereocenters. The fourth-order valence-electron chi connectivity index (χ4n) is 3.91. The topological polar surface area (TPSA) is 17.1 Å². The van der Waals surface area contributed by atoms with Crippen LogP contribution in [0.4, 0.5) is 0 Å². The van der Waals surface area contributed by atoms with Crippen LogP contribution in [0.5, 0.6) is 0 Å². The van der Waals surface area contributed by atoms with E-state index in [0.717, 1.165) is 41.5 Å². The Morgan fingerprint density at radius 3 is 1.57 bits per heavy atom. The van der Waals surface area contributed by atoms with Gasteiger partial charge in [-0.25, -0.2) is 0 Å². The maximum Gasteiger partial charge on any atom is 0.185 e. The minimum atomic E-state index is 0.261. The minimum absolute atomic E-state index is 0.261. The van der Waals surface area contributed by atoms with E-state index in [2.05, 4.69) is 36.4 Å². The van der Waals surface area contributed by atoms with Crippen molar-refractivity contribution < 1.29 is 4.79 Å². The maximum absolute atomic E-state index is 13.1. The lowest BCUT2D eigenvalue weighted by Crippen LogP contribution is -2.22. The van der Waals surface area contributed by atoms with E-state index >= 15 is 0 Å². The second-order valence-electron chi connectivity index (χ2n) is 6.56. The molecule has 0 amide bonds. The Labute approximate surface area is 137 Å². The Morgan fingerprint density at radius 2 is 1.13 bits per heavy atom. The van der Waals surface area contributed by atoms with Crippen molar-refractivity contribution in [1.82, 2.24) is 0 Å². The molecule has 2 fully saturated rings. The van der Waals surface area contributed by atoms with Crippen LogP contribution < -0.4 is 0 Å². The number of benzene rings is 2. The molecule has 0 spiro atoms. The number of rotatable bonds is 2. The van der Waals surface area contributed by atoms with E-state index in [1.807, 2.05) is 36.4 Å². The summed E-state index contributed by atoms with van der Waals surface area (Å²) in [4.78, 5) is 13.1. The van der Waals surface area contributed by atoms with Crippen molar-refractivity contribution in [1.29, 1.82) is 0 Å². The van der Waals surface area contributed by atoms with Crippen molar-refractivity contribution in [2.75, 3.05) is 0 Å². The number of carbonyl (C=O) groups is 1. The van der Waals surface area contributed by atoms with Crippen LogP contribution in [0.2, 0.25) is 0 Å². The molecule has 0 aromatic heterocycles. The van der Waals surface area contributed by atoms with E-state index in [9.17, 15) is 4.79 Å². The summed E-state index contributed by atoms with van der Waals surface area (Å²) in [6, 6.07) is 20.4. The number of Topliss-reactive ketones (excluding diaryl/α,β-unsaturated/α-hetero) is 1. The molecule has 2 aromatic carbocycles. The van der Waals surface area contributed by atoms with Crippen LogP contribution in [-0.2, 0) is 4.79 Å². The summed E-state index contributed by atoms with van der Waals surface area (Å²) in [6.45, 7) is 0. The van der Waals surface area contributed by atoms with E-state index in [4.69, 9.17) is 0 Å². The quantitative estimate of drug-likeness (QED) is 0.701. The van der Waals surface area contributed by atoms with Gasteiger partial charge in [0.2, 0.25) is 0 Å². The van der Waals surface area contributed by atoms with Gasteiger partial charge in [0.05, 0.1) is 0 Å². The summed E-state index contributed by atoms with van der Waals surface area (Å²) >= 11 is 0. The van der Waals surface area contributed by atoms with Crippen molar-refractivity contribution >= 4 is 17.9 Å². The van der Waals surface area contributed by atoms with Crippen LogP contribution >= 0.6 is 0 Å². The van der Waals surface area contributed by atoms with Gasteiger partial charge in [-0.1, -0.05) is 60.7 Å². The number of hydrogen-bond acceptors (Lipinski definition) is 1. The molecule has 2 aromatic rings. The highest BCUT2D eigenvalue weighted by atomic mass is 16.1. The Balaban J connectivity index is 1.73. The van der Waals surface area contributed by atoms with Gasteiger partial charge in [-0.3, -0.25) is 4.79 Å². The molecule has 114 valence electrons. The summed E-state index contributed by atoms with van der Waals surface area (Å²) in [5.41, 5.74) is 4.26. The Kier molecular flexibility index (Phi) is 3.70. The zero-order valence-corrected chi connectivity index (χ0v) is 13.1. The van der Waals surface area contributed by atoms with Crippen LogP contribution in [0.25, 0.3) is 12.2 Å². The second-order valence-corrected chi connectivity index (χ2v) is 6.56. The average Bonchev–Trinajstić information content (AvgIpc) is 3.04. The summed E-state index contributed by atoms with van der Waals surface area (Å²) in [7, 11) is 0. The first-order valence-corrected chi connectivity index (χ1v) is 8.39. The van der Waals surface area contributed by atoms with Crippen LogP contribution in [0.1, 0.15) is 30.4 Å². The lowest BCUT2D eigenvalue weighted by molar-refractivity contribution is -0.113. The first kappa shape index (κ1) is 14.2. The molecule has 0 heterocycles. The van der Waals surface area contributed by atoms with E-state index in [-0.39, 0.29) is 5.78 Å². The van der Waals surface area contributed by atoms with Crippen molar-refractivity contribution in [2.45, 2.75) is 19.3 Å². The summed E-state index contributed by atoms with van der Waals surface area (Å²) in [6.07, 6.45) is 7.62. The number of ketones is 1. The van der Waals surface area contributed by atoms with Crippen LogP contribution in [0.3, 0.4) is 0 Å². The van der Waals surface area contributed by atoms with Crippen LogP contribution in [0, 0.1) is 11.8 Å². The lowest BCUT2D eigenvalue weighted by atomic mass is 9.78. The fraction of sp³-hybridized carbons (Fsp3) is 0.227. The maximum atomic E-state index is 13.1. The predicted octanol–water partition coefficient (Wildman–Crippen LogP) is 5.15. The molecule has 4 rings (SSSR count). The number of allylic oxidation sites excluding steroid dienone is 2. The first-order chi connectivity index (χ1) is 11.3. The van der Waals surface area contributed by atoms with Crippen LogP contribution in [0.15, 0.2) is 71.8 Å². The molecular formula is C22H20O. The van der Waals surface area contributed by atoms with Crippen molar-refractivity contribution in [3.63, 3.8) is 0 Å². The van der Waals surface area contributed by atoms with E-state index in [0.29, 0.717) is 11.8 Å². The predicted molar refractivity (Wildman–Crippen MR) is 94.7 cm³/mol. The van der Waals surface area contributed by atoms with Gasteiger partial charge in [0.15, 0.2) is 5.78 Å². The molecule has 1 heteroatoms. The van der Waals surface area contributed by atoms with Gasteiger partial charge >= 0.3 is 0 Å². The lowest BCUT2D eigenvalue weighted by Gasteiger charge is -2.24. The molecule has 23 heavy (non-hydrogen) atoms. The van der Waals surface area contributed by atoms with E-state index < -0.39 is 0 Å². The summed E-state index contributed by atoms with van der Waals surface area (Å²) in [5, 5.41) is 0. The Bertz CT molecular complexity index is 703. The number of carbonyl (C=O) groups excluding carboxylic acids is 1. The average molecular weight is 300 g/mol. The normalized spacial score (nSPS) is 26.9. The standard InChI is InChI=1S/C22H20O/c23-22-20(13-16-7-3-1-4-8-16)18-11-12-19(15-18)21(22)14-17-9-5-2-6-10-17/h1-10,13-14,18-19H,11-12,15H2/b20-13-,21-14+. The summed E-state index contributed by atoms with van der Waals surface area (Å²) < 4.78 is 0. The molecule has 2 aliphatic carbocycles. The van der Waals surface area contributed by atoms with Gasteiger partial charge in [0.25, 0.3) is 0 Å². The molecule has 2 bridgehead atoms. The zero-order valence-electron chi connectivity index (χ0n) is 13.1. The Hall–Kier alpha value is -2.41. The molecule has 0 radical (unpaired) electrons. The van der Waals surface area contributed by atoms with Gasteiger partial charge in [0, 0.05) is 11.1 Å². The zero-order chi connectivity index (χ0) is 15.6. The highest BCUT2D eigenvalue weighted by molar-refractivity contribution is 6.15. The molecule has 0 N–H and O–H groups in total. The fourth-order valence-corrected chi connectivity index (χ4v) is 3.91. The van der Waals surface area contributed by atoms with Gasteiger partial charge in [-0.15, -0.1) is 0 Å². The summed E-state index contributed by atoms with van der Waals surface area (Å²) in [5.74, 6) is 1.15. The van der Waals surface area contributed by atoms with E-state index in [1.165, 1.54) is 0 Å². The third-order valence-corrected chi connectivity index (χ3v) is 5.08. The second kappa shape index (κ2) is 6.00. The van der Waals surface area contributed by atoms with Crippen LogP contribution in [-0.4, -0.2) is 5.78 Å². The van der Waals surface area contributed by atoms with Gasteiger partial charge in [-0.2, -0.15) is 0 Å². The van der Waals surface area contributed by atoms with Gasteiger partial charge in [0.1, 0.15) is 0 Å². The SMILES string of the molecule is O=C1/C(=C\c2ccccc2)C2CCC(C2)/C1=C\c1ccccc1. The highest BCUT2D eigenvalue weighted by Crippen LogP contribution is 2.47.